The van der Waals surface area contributed by atoms with Crippen molar-refractivity contribution in [1.82, 2.24) is 5.32 Å². The second kappa shape index (κ2) is 6.95. The molecule has 19 heavy (non-hydrogen) atoms. The summed E-state index contributed by atoms with van der Waals surface area (Å²) in [6.45, 7) is 2.10. The van der Waals surface area contributed by atoms with Gasteiger partial charge in [0.05, 0.1) is 6.04 Å². The van der Waals surface area contributed by atoms with Crippen LogP contribution in [0.2, 0.25) is 0 Å². The summed E-state index contributed by atoms with van der Waals surface area (Å²) in [7, 11) is 0. The predicted molar refractivity (Wildman–Crippen MR) is 77.6 cm³/mol. The molecule has 1 unspecified atom stereocenters. The first-order chi connectivity index (χ1) is 9.29. The number of carbonyl (C=O) groups excluding carboxylic acids is 1. The number of hydrogen-bond acceptors (Lipinski definition) is 3. The smallest absolute Gasteiger partial charge is 0.410 e. The van der Waals surface area contributed by atoms with Crippen molar-refractivity contribution in [3.05, 3.63) is 52.7 Å². The molecule has 1 aromatic carbocycles. The maximum atomic E-state index is 11.9. The van der Waals surface area contributed by atoms with E-state index in [1.54, 1.807) is 23.5 Å². The van der Waals surface area contributed by atoms with Gasteiger partial charge < -0.3 is 10.1 Å². The van der Waals surface area contributed by atoms with Gasteiger partial charge in [-0.3, -0.25) is 0 Å². The minimum atomic E-state index is -0.405. The Kier molecular flexibility index (Phi) is 4.98. The summed E-state index contributed by atoms with van der Waals surface area (Å²) in [5, 5.41) is 4.93. The minimum absolute atomic E-state index is 0.0289. The highest BCUT2D eigenvalue weighted by molar-refractivity contribution is 7.10. The van der Waals surface area contributed by atoms with Crippen molar-refractivity contribution >= 4 is 17.4 Å². The topological polar surface area (TPSA) is 38.3 Å². The Hall–Kier alpha value is -1.81. The van der Waals surface area contributed by atoms with Gasteiger partial charge >= 0.3 is 6.09 Å². The highest BCUT2D eigenvalue weighted by atomic mass is 32.1. The second-order valence-corrected chi connectivity index (χ2v) is 5.18. The van der Waals surface area contributed by atoms with E-state index in [9.17, 15) is 4.79 Å². The third-order valence-corrected chi connectivity index (χ3v) is 3.70. The molecule has 3 nitrogen and oxygen atoms in total. The number of ether oxygens (including phenoxy) is 1. The number of rotatable bonds is 5. The molecule has 2 rings (SSSR count). The van der Waals surface area contributed by atoms with Gasteiger partial charge in [0.25, 0.3) is 0 Å². The zero-order valence-electron chi connectivity index (χ0n) is 10.8. The molecule has 0 aliphatic rings. The van der Waals surface area contributed by atoms with Crippen molar-refractivity contribution in [2.24, 2.45) is 0 Å². The molecule has 100 valence electrons. The normalized spacial score (nSPS) is 11.8. The van der Waals surface area contributed by atoms with Crippen LogP contribution < -0.4 is 10.1 Å². The number of benzene rings is 1. The van der Waals surface area contributed by atoms with Crippen LogP contribution in [0.3, 0.4) is 0 Å². The Balaban J connectivity index is 1.96. The van der Waals surface area contributed by atoms with E-state index in [2.05, 4.69) is 12.2 Å². The van der Waals surface area contributed by atoms with E-state index < -0.39 is 6.09 Å². The van der Waals surface area contributed by atoms with E-state index >= 15 is 0 Å². The van der Waals surface area contributed by atoms with Crippen molar-refractivity contribution in [2.45, 2.75) is 25.8 Å². The largest absolute Gasteiger partial charge is 0.413 e. The van der Waals surface area contributed by atoms with Crippen LogP contribution in [0.4, 0.5) is 4.79 Å². The van der Waals surface area contributed by atoms with Crippen molar-refractivity contribution in [2.75, 3.05) is 0 Å². The molecule has 0 fully saturated rings. The van der Waals surface area contributed by atoms with Gasteiger partial charge in [0.15, 0.2) is 0 Å². The lowest BCUT2D eigenvalue weighted by Crippen LogP contribution is -2.30. The van der Waals surface area contributed by atoms with E-state index in [4.69, 9.17) is 4.74 Å². The molecule has 1 amide bonds. The fourth-order valence-corrected chi connectivity index (χ4v) is 2.64. The number of hydrogen-bond donors (Lipinski definition) is 1. The van der Waals surface area contributed by atoms with Crippen LogP contribution in [-0.2, 0) is 0 Å². The van der Waals surface area contributed by atoms with Crippen molar-refractivity contribution in [1.29, 1.82) is 0 Å². The summed E-state index contributed by atoms with van der Waals surface area (Å²) in [5.74, 6) is 0.557. The Bertz CT molecular complexity index is 496. The Morgan fingerprint density at radius 2 is 2.05 bits per heavy atom. The molecule has 0 saturated carbocycles. The third kappa shape index (κ3) is 4.10. The fourth-order valence-electron chi connectivity index (χ4n) is 1.83. The second-order valence-electron chi connectivity index (χ2n) is 4.20. The van der Waals surface area contributed by atoms with Gasteiger partial charge in [0, 0.05) is 4.88 Å². The van der Waals surface area contributed by atoms with Crippen LogP contribution in [0.5, 0.6) is 5.75 Å². The molecule has 1 N–H and O–H groups in total. The van der Waals surface area contributed by atoms with Gasteiger partial charge in [0.1, 0.15) is 5.75 Å². The van der Waals surface area contributed by atoms with Crippen LogP contribution >= 0.6 is 11.3 Å². The maximum absolute atomic E-state index is 11.9. The van der Waals surface area contributed by atoms with Gasteiger partial charge in [-0.05, 0) is 30.0 Å². The van der Waals surface area contributed by atoms with Gasteiger partial charge in [0.2, 0.25) is 0 Å². The summed E-state index contributed by atoms with van der Waals surface area (Å²) in [6, 6.07) is 13.1. The summed E-state index contributed by atoms with van der Waals surface area (Å²) in [4.78, 5) is 13.0. The monoisotopic (exact) mass is 275 g/mol. The fraction of sp³-hybridized carbons (Fsp3) is 0.267. The first-order valence-corrected chi connectivity index (χ1v) is 7.24. The molecular formula is C15H17NO2S. The van der Waals surface area contributed by atoms with Crippen LogP contribution in [0.15, 0.2) is 47.8 Å². The lowest BCUT2D eigenvalue weighted by Gasteiger charge is -2.16. The molecule has 1 heterocycles. The quantitative estimate of drug-likeness (QED) is 0.879. The van der Waals surface area contributed by atoms with Crippen LogP contribution in [0, 0.1) is 0 Å². The van der Waals surface area contributed by atoms with Crippen LogP contribution in [0.1, 0.15) is 30.7 Å². The number of carbonyl (C=O) groups is 1. The van der Waals surface area contributed by atoms with Gasteiger partial charge in [-0.2, -0.15) is 0 Å². The molecule has 1 atom stereocenters. The molecule has 4 heteroatoms. The number of nitrogens with one attached hydrogen (secondary N) is 1. The lowest BCUT2D eigenvalue weighted by atomic mass is 10.1. The van der Waals surface area contributed by atoms with Gasteiger partial charge in [-0.15, -0.1) is 11.3 Å². The lowest BCUT2D eigenvalue weighted by molar-refractivity contribution is 0.195. The molecule has 0 bridgehead atoms. The standard InChI is InChI=1S/C15H17NO2S/c1-2-7-13(14-10-6-11-19-14)16-15(17)18-12-8-4-3-5-9-12/h3-6,8-11,13H,2,7H2,1H3,(H,16,17). The summed E-state index contributed by atoms with van der Waals surface area (Å²) in [5.41, 5.74) is 0. The van der Waals surface area contributed by atoms with E-state index in [0.717, 1.165) is 17.7 Å². The highest BCUT2D eigenvalue weighted by Gasteiger charge is 2.15. The van der Waals surface area contributed by atoms with Gasteiger partial charge in [-0.25, -0.2) is 4.79 Å². The van der Waals surface area contributed by atoms with E-state index in [0.29, 0.717) is 5.75 Å². The SMILES string of the molecule is CCCC(NC(=O)Oc1ccccc1)c1cccs1. The zero-order chi connectivity index (χ0) is 13.5. The Labute approximate surface area is 117 Å². The average Bonchev–Trinajstić information content (AvgIpc) is 2.93. The van der Waals surface area contributed by atoms with E-state index in [1.807, 2.05) is 35.7 Å². The molecule has 0 aliphatic heterocycles. The summed E-state index contributed by atoms with van der Waals surface area (Å²) >= 11 is 1.65. The average molecular weight is 275 g/mol. The molecule has 2 aromatic rings. The predicted octanol–water partition coefficient (Wildman–Crippen LogP) is 4.38. The van der Waals surface area contributed by atoms with Gasteiger partial charge in [-0.1, -0.05) is 37.6 Å². The molecule has 0 saturated heterocycles. The first kappa shape index (κ1) is 13.6. The molecule has 0 radical (unpaired) electrons. The first-order valence-electron chi connectivity index (χ1n) is 6.36. The zero-order valence-corrected chi connectivity index (χ0v) is 11.7. The number of para-hydroxylation sites is 1. The van der Waals surface area contributed by atoms with Crippen molar-refractivity contribution < 1.29 is 9.53 Å². The van der Waals surface area contributed by atoms with E-state index in [-0.39, 0.29) is 6.04 Å². The summed E-state index contributed by atoms with van der Waals surface area (Å²) in [6.07, 6.45) is 1.51. The van der Waals surface area contributed by atoms with Crippen LogP contribution in [0.25, 0.3) is 0 Å². The highest BCUT2D eigenvalue weighted by Crippen LogP contribution is 2.23. The number of thiophene rings is 1. The maximum Gasteiger partial charge on any atom is 0.413 e. The van der Waals surface area contributed by atoms with Crippen LogP contribution in [-0.4, -0.2) is 6.09 Å². The Morgan fingerprint density at radius 3 is 2.68 bits per heavy atom. The molecular weight excluding hydrogens is 258 g/mol. The molecule has 0 spiro atoms. The summed E-state index contributed by atoms with van der Waals surface area (Å²) < 4.78 is 5.24. The van der Waals surface area contributed by atoms with E-state index in [1.165, 1.54) is 0 Å². The molecule has 0 aliphatic carbocycles. The Morgan fingerprint density at radius 1 is 1.26 bits per heavy atom. The number of amides is 1. The van der Waals surface area contributed by atoms with Crippen molar-refractivity contribution in [3.8, 4) is 5.75 Å². The third-order valence-electron chi connectivity index (χ3n) is 2.71. The molecule has 1 aromatic heterocycles. The van der Waals surface area contributed by atoms with Crippen molar-refractivity contribution in [3.63, 3.8) is 0 Å². The minimum Gasteiger partial charge on any atom is -0.410 e.